The van der Waals surface area contributed by atoms with Crippen LogP contribution in [0.1, 0.15) is 45.6 Å². The van der Waals surface area contributed by atoms with Gasteiger partial charge in [0.05, 0.1) is 11.2 Å². The molecule has 3 nitrogen and oxygen atoms in total. The SMILES string of the molecule is CC(C)(O)C(C)(C)O[B]c1ccc2c(c1)oc1c(C3C=CC=CC3)cc(-c3ccccc3)cc12. The van der Waals surface area contributed by atoms with E-state index in [1.807, 2.05) is 32.0 Å². The fourth-order valence-corrected chi connectivity index (χ4v) is 4.24. The predicted octanol–water partition coefficient (Wildman–Crippen LogP) is 6.66. The van der Waals surface area contributed by atoms with E-state index >= 15 is 0 Å². The van der Waals surface area contributed by atoms with E-state index < -0.39 is 11.2 Å². The zero-order valence-electron chi connectivity index (χ0n) is 20.2. The Bertz CT molecular complexity index is 1390. The number of aliphatic hydroxyl groups is 1. The first-order chi connectivity index (χ1) is 16.2. The lowest BCUT2D eigenvalue weighted by molar-refractivity contribution is -0.0893. The van der Waals surface area contributed by atoms with Gasteiger partial charge in [0, 0.05) is 22.3 Å². The molecule has 0 fully saturated rings. The summed E-state index contributed by atoms with van der Waals surface area (Å²) >= 11 is 0. The van der Waals surface area contributed by atoms with E-state index in [0.29, 0.717) is 0 Å². The van der Waals surface area contributed by atoms with Gasteiger partial charge in [-0.2, -0.15) is 0 Å². The minimum Gasteiger partial charge on any atom is -0.456 e. The second-order valence-electron chi connectivity index (χ2n) is 10.1. The molecule has 1 heterocycles. The molecule has 4 aromatic rings. The maximum absolute atomic E-state index is 10.4. The lowest BCUT2D eigenvalue weighted by Crippen LogP contribution is -2.49. The summed E-state index contributed by atoms with van der Waals surface area (Å²) in [5, 5.41) is 12.6. The number of fused-ring (bicyclic) bond motifs is 3. The topological polar surface area (TPSA) is 42.6 Å². The summed E-state index contributed by atoms with van der Waals surface area (Å²) in [5.74, 6) is 0.277. The van der Waals surface area contributed by atoms with Gasteiger partial charge >= 0.3 is 7.48 Å². The Morgan fingerprint density at radius 2 is 1.71 bits per heavy atom. The number of hydrogen-bond donors (Lipinski definition) is 1. The summed E-state index contributed by atoms with van der Waals surface area (Å²) in [7, 11) is 1.70. The van der Waals surface area contributed by atoms with Crippen molar-refractivity contribution >= 4 is 34.9 Å². The first kappa shape index (κ1) is 22.7. The van der Waals surface area contributed by atoms with Gasteiger partial charge in [-0.3, -0.25) is 0 Å². The third kappa shape index (κ3) is 4.24. The van der Waals surface area contributed by atoms with Gasteiger partial charge in [-0.15, -0.1) is 0 Å². The number of hydrogen-bond acceptors (Lipinski definition) is 3. The van der Waals surface area contributed by atoms with Gasteiger partial charge in [0.1, 0.15) is 11.2 Å². The van der Waals surface area contributed by atoms with Gasteiger partial charge in [0.25, 0.3) is 0 Å². The van der Waals surface area contributed by atoms with Crippen molar-refractivity contribution in [1.82, 2.24) is 0 Å². The zero-order chi connectivity index (χ0) is 23.9. The highest BCUT2D eigenvalue weighted by molar-refractivity contribution is 6.47. The quantitative estimate of drug-likeness (QED) is 0.335. The number of benzene rings is 3. The molecule has 1 aliphatic rings. The summed E-state index contributed by atoms with van der Waals surface area (Å²) < 4.78 is 12.5. The Balaban J connectivity index is 1.60. The molecular weight excluding hydrogens is 419 g/mol. The van der Waals surface area contributed by atoms with E-state index in [-0.39, 0.29) is 5.92 Å². The third-order valence-electron chi connectivity index (χ3n) is 7.08. The predicted molar refractivity (Wildman–Crippen MR) is 142 cm³/mol. The summed E-state index contributed by atoms with van der Waals surface area (Å²) in [5.41, 5.74) is 4.56. The highest BCUT2D eigenvalue weighted by Crippen LogP contribution is 2.39. The van der Waals surface area contributed by atoms with E-state index in [1.54, 1.807) is 21.3 Å². The molecule has 171 valence electrons. The van der Waals surface area contributed by atoms with Crippen LogP contribution in [-0.4, -0.2) is 23.8 Å². The van der Waals surface area contributed by atoms with Crippen LogP contribution in [0.3, 0.4) is 0 Å². The van der Waals surface area contributed by atoms with Crippen molar-refractivity contribution in [2.24, 2.45) is 0 Å². The Morgan fingerprint density at radius 1 is 0.912 bits per heavy atom. The lowest BCUT2D eigenvalue weighted by Gasteiger charge is -2.37. The summed E-state index contributed by atoms with van der Waals surface area (Å²) in [6.07, 6.45) is 9.64. The van der Waals surface area contributed by atoms with E-state index in [4.69, 9.17) is 9.07 Å². The largest absolute Gasteiger partial charge is 0.456 e. The molecule has 0 spiro atoms. The van der Waals surface area contributed by atoms with Crippen LogP contribution in [0.25, 0.3) is 33.1 Å². The Labute approximate surface area is 202 Å². The molecule has 0 aliphatic heterocycles. The van der Waals surface area contributed by atoms with Crippen LogP contribution in [0.2, 0.25) is 0 Å². The monoisotopic (exact) mass is 449 g/mol. The Hall–Kier alpha value is -3.08. The highest BCUT2D eigenvalue weighted by atomic mass is 16.5. The maximum atomic E-state index is 10.4. The lowest BCUT2D eigenvalue weighted by atomic mass is 9.82. The van der Waals surface area contributed by atoms with Gasteiger partial charge in [-0.05, 0) is 68.9 Å². The average Bonchev–Trinajstić information content (AvgIpc) is 3.20. The van der Waals surface area contributed by atoms with E-state index in [9.17, 15) is 5.11 Å². The van der Waals surface area contributed by atoms with Crippen molar-refractivity contribution in [2.75, 3.05) is 0 Å². The molecule has 1 unspecified atom stereocenters. The van der Waals surface area contributed by atoms with Gasteiger partial charge in [-0.1, -0.05) is 66.8 Å². The molecule has 0 saturated carbocycles. The average molecular weight is 449 g/mol. The van der Waals surface area contributed by atoms with Gasteiger partial charge in [-0.25, -0.2) is 0 Å². The van der Waals surface area contributed by atoms with Crippen LogP contribution in [-0.2, 0) is 4.65 Å². The van der Waals surface area contributed by atoms with Gasteiger partial charge < -0.3 is 14.2 Å². The van der Waals surface area contributed by atoms with Crippen LogP contribution in [0.15, 0.2) is 89.4 Å². The fourth-order valence-electron chi connectivity index (χ4n) is 4.24. The fraction of sp³-hybridized carbons (Fsp3) is 0.267. The molecule has 5 rings (SSSR count). The van der Waals surface area contributed by atoms with E-state index in [1.165, 1.54) is 16.7 Å². The van der Waals surface area contributed by atoms with Crippen molar-refractivity contribution < 1.29 is 14.2 Å². The molecule has 1 atom stereocenters. The molecule has 1 N–H and O–H groups in total. The zero-order valence-corrected chi connectivity index (χ0v) is 20.2. The van der Waals surface area contributed by atoms with Crippen molar-refractivity contribution in [1.29, 1.82) is 0 Å². The first-order valence-corrected chi connectivity index (χ1v) is 11.9. The maximum Gasteiger partial charge on any atom is 0.331 e. The second-order valence-corrected chi connectivity index (χ2v) is 10.1. The minimum atomic E-state index is -0.975. The van der Waals surface area contributed by atoms with Crippen LogP contribution < -0.4 is 5.46 Å². The van der Waals surface area contributed by atoms with Crippen molar-refractivity contribution in [3.63, 3.8) is 0 Å². The molecule has 0 bridgehead atoms. The van der Waals surface area contributed by atoms with Crippen molar-refractivity contribution in [3.8, 4) is 11.1 Å². The number of allylic oxidation sites excluding steroid dienone is 4. The smallest absolute Gasteiger partial charge is 0.331 e. The molecule has 0 saturated heterocycles. The standard InChI is InChI=1S/C30H30BO3/c1-29(2,32)30(3,4)34-31-23-15-16-24-26-18-22(20-11-7-5-8-12-20)17-25(21-13-9-6-10-14-21)28(26)33-27(24)19-23/h5-13,15-19,21,32H,14H2,1-4H3. The molecule has 34 heavy (non-hydrogen) atoms. The minimum absolute atomic E-state index is 0.277. The normalized spacial score (nSPS) is 16.4. The number of rotatable bonds is 6. The second kappa shape index (κ2) is 8.61. The Morgan fingerprint density at radius 3 is 2.41 bits per heavy atom. The molecule has 3 aromatic carbocycles. The van der Waals surface area contributed by atoms with Crippen LogP contribution in [0, 0.1) is 0 Å². The van der Waals surface area contributed by atoms with Crippen molar-refractivity contribution in [2.45, 2.75) is 51.2 Å². The van der Waals surface area contributed by atoms with Gasteiger partial charge in [0.15, 0.2) is 0 Å². The van der Waals surface area contributed by atoms with E-state index in [0.717, 1.165) is 33.8 Å². The van der Waals surface area contributed by atoms with E-state index in [2.05, 4.69) is 66.8 Å². The molecule has 0 amide bonds. The first-order valence-electron chi connectivity index (χ1n) is 11.9. The molecule has 1 radical (unpaired) electrons. The summed E-state index contributed by atoms with van der Waals surface area (Å²) in [4.78, 5) is 0. The molecule has 1 aromatic heterocycles. The summed E-state index contributed by atoms with van der Waals surface area (Å²) in [6, 6.07) is 21.2. The number of furan rings is 1. The molecular formula is C30H30BO3. The third-order valence-corrected chi connectivity index (χ3v) is 7.08. The highest BCUT2D eigenvalue weighted by Gasteiger charge is 2.35. The van der Waals surface area contributed by atoms with Crippen LogP contribution >= 0.6 is 0 Å². The van der Waals surface area contributed by atoms with Crippen LogP contribution in [0.4, 0.5) is 0 Å². The molecule has 1 aliphatic carbocycles. The molecule has 4 heteroatoms. The van der Waals surface area contributed by atoms with Gasteiger partial charge in [0.2, 0.25) is 0 Å². The summed E-state index contributed by atoms with van der Waals surface area (Å²) in [6.45, 7) is 7.27. The Kier molecular flexibility index (Phi) is 5.75. The van der Waals surface area contributed by atoms with Crippen molar-refractivity contribution in [3.05, 3.63) is 90.5 Å². The van der Waals surface area contributed by atoms with Crippen LogP contribution in [0.5, 0.6) is 0 Å².